The van der Waals surface area contributed by atoms with Crippen LogP contribution in [-0.2, 0) is 9.59 Å². The second-order valence-corrected chi connectivity index (χ2v) is 5.60. The monoisotopic (exact) mass is 323 g/mol. The number of methoxy groups -OCH3 is 2. The third-order valence-electron chi connectivity index (χ3n) is 2.94. The Labute approximate surface area is 132 Å². The summed E-state index contributed by atoms with van der Waals surface area (Å²) in [7, 11) is 3.10. The molecule has 2 rings (SSSR count). The van der Waals surface area contributed by atoms with Crippen LogP contribution in [0.5, 0.6) is 11.5 Å². The van der Waals surface area contributed by atoms with Crippen molar-refractivity contribution in [1.82, 2.24) is 10.3 Å². The van der Waals surface area contributed by atoms with Crippen molar-refractivity contribution in [2.24, 2.45) is 5.10 Å². The number of rotatable bonds is 3. The lowest BCUT2D eigenvalue weighted by Crippen LogP contribution is -2.25. The van der Waals surface area contributed by atoms with E-state index in [2.05, 4.69) is 10.4 Å². The van der Waals surface area contributed by atoms with Crippen molar-refractivity contribution in [1.29, 1.82) is 0 Å². The van der Waals surface area contributed by atoms with Gasteiger partial charge in [-0.15, -0.1) is 5.10 Å². The van der Waals surface area contributed by atoms with Crippen molar-refractivity contribution in [3.8, 4) is 11.5 Å². The molecule has 0 radical (unpaired) electrons. The summed E-state index contributed by atoms with van der Waals surface area (Å²) >= 11 is 1.29. The summed E-state index contributed by atoms with van der Waals surface area (Å²) in [6, 6.07) is 5.39. The van der Waals surface area contributed by atoms with Gasteiger partial charge in [0.25, 0.3) is 0 Å². The highest BCUT2D eigenvalue weighted by Crippen LogP contribution is 2.41. The Hall–Kier alpha value is -2.22. The molecule has 1 N–H and O–H groups in total. The molecule has 2 amide bonds. The van der Waals surface area contributed by atoms with Gasteiger partial charge in [-0.3, -0.25) is 9.59 Å². The number of amides is 2. The molecule has 0 bridgehead atoms. The Kier molecular flexibility index (Phi) is 4.92. The third-order valence-corrected chi connectivity index (χ3v) is 4.04. The minimum atomic E-state index is -0.362. The molecular formula is C14H17N3O4S. The molecule has 1 aliphatic rings. The number of hydrogen-bond acceptors (Lipinski definition) is 6. The predicted molar refractivity (Wildman–Crippen MR) is 83.6 cm³/mol. The lowest BCUT2D eigenvalue weighted by atomic mass is 10.2. The molecule has 0 aliphatic carbocycles. The van der Waals surface area contributed by atoms with Crippen LogP contribution in [0.1, 0.15) is 24.8 Å². The Morgan fingerprint density at radius 2 is 1.91 bits per heavy atom. The van der Waals surface area contributed by atoms with E-state index in [1.165, 1.54) is 30.6 Å². The van der Waals surface area contributed by atoms with Gasteiger partial charge < -0.3 is 14.8 Å². The topological polar surface area (TPSA) is 80.2 Å². The van der Waals surface area contributed by atoms with Crippen molar-refractivity contribution in [3.05, 3.63) is 23.8 Å². The van der Waals surface area contributed by atoms with E-state index < -0.39 is 0 Å². The maximum absolute atomic E-state index is 11.8. The normalized spacial score (nSPS) is 17.0. The molecule has 8 heteroatoms. The zero-order valence-corrected chi connectivity index (χ0v) is 13.6. The van der Waals surface area contributed by atoms with Crippen LogP contribution in [-0.4, -0.2) is 36.2 Å². The van der Waals surface area contributed by atoms with Crippen molar-refractivity contribution in [2.75, 3.05) is 14.2 Å². The minimum Gasteiger partial charge on any atom is -0.493 e. The molecule has 22 heavy (non-hydrogen) atoms. The first-order valence-electron chi connectivity index (χ1n) is 6.50. The number of benzene rings is 1. The van der Waals surface area contributed by atoms with Crippen molar-refractivity contribution >= 4 is 28.7 Å². The molecule has 1 atom stereocenters. The molecule has 0 saturated carbocycles. The summed E-state index contributed by atoms with van der Waals surface area (Å²) in [5, 5.41) is 8.10. The fourth-order valence-electron chi connectivity index (χ4n) is 1.99. The van der Waals surface area contributed by atoms with E-state index in [1.807, 2.05) is 6.07 Å². The van der Waals surface area contributed by atoms with Gasteiger partial charge in [-0.1, -0.05) is 17.8 Å². The SMILES string of the molecule is COc1ccc([C@@H]2SC(NC(C)=O)=NN2C(C)=O)cc1OC. The molecule has 0 aromatic heterocycles. The van der Waals surface area contributed by atoms with Crippen molar-refractivity contribution < 1.29 is 19.1 Å². The third kappa shape index (κ3) is 3.33. The molecule has 0 spiro atoms. The van der Waals surface area contributed by atoms with Crippen LogP contribution in [0.2, 0.25) is 0 Å². The van der Waals surface area contributed by atoms with Gasteiger partial charge in [0, 0.05) is 13.8 Å². The van der Waals surface area contributed by atoms with Gasteiger partial charge in [0.2, 0.25) is 11.8 Å². The minimum absolute atomic E-state index is 0.215. The lowest BCUT2D eigenvalue weighted by molar-refractivity contribution is -0.129. The summed E-state index contributed by atoms with van der Waals surface area (Å²) in [4.78, 5) is 22.9. The van der Waals surface area contributed by atoms with E-state index in [9.17, 15) is 9.59 Å². The van der Waals surface area contributed by atoms with Gasteiger partial charge in [-0.05, 0) is 17.7 Å². The van der Waals surface area contributed by atoms with Crippen LogP contribution in [0.4, 0.5) is 0 Å². The Balaban J connectivity index is 2.31. The average molecular weight is 323 g/mol. The predicted octanol–water partition coefficient (Wildman–Crippen LogP) is 1.70. The van der Waals surface area contributed by atoms with Crippen molar-refractivity contribution in [3.63, 3.8) is 0 Å². The maximum atomic E-state index is 11.8. The molecule has 1 heterocycles. The number of hydrazone groups is 1. The number of nitrogens with one attached hydrogen (secondary N) is 1. The number of ether oxygens (including phenoxy) is 2. The summed E-state index contributed by atoms with van der Waals surface area (Å²) < 4.78 is 10.5. The first-order chi connectivity index (χ1) is 10.5. The molecule has 7 nitrogen and oxygen atoms in total. The van der Waals surface area contributed by atoms with Crippen molar-refractivity contribution in [2.45, 2.75) is 19.2 Å². The van der Waals surface area contributed by atoms with E-state index in [4.69, 9.17) is 9.47 Å². The second kappa shape index (κ2) is 6.69. The van der Waals surface area contributed by atoms with Crippen LogP contribution >= 0.6 is 11.8 Å². The molecule has 118 valence electrons. The Morgan fingerprint density at radius 3 is 2.45 bits per heavy atom. The largest absolute Gasteiger partial charge is 0.493 e. The summed E-state index contributed by atoms with van der Waals surface area (Å²) in [6.45, 7) is 2.82. The number of carbonyl (C=O) groups is 2. The van der Waals surface area contributed by atoms with Crippen LogP contribution in [0.3, 0.4) is 0 Å². The second-order valence-electron chi connectivity index (χ2n) is 4.53. The number of amidine groups is 1. The number of nitrogens with zero attached hydrogens (tertiary/aromatic N) is 2. The Bertz CT molecular complexity index is 633. The molecule has 1 aromatic rings. The zero-order chi connectivity index (χ0) is 16.3. The molecule has 0 unspecified atom stereocenters. The fourth-order valence-corrected chi connectivity index (χ4v) is 3.11. The van der Waals surface area contributed by atoms with Crippen LogP contribution in [0.25, 0.3) is 0 Å². The van der Waals surface area contributed by atoms with Gasteiger partial charge in [-0.25, -0.2) is 5.01 Å². The molecule has 0 fully saturated rings. The van der Waals surface area contributed by atoms with E-state index in [0.29, 0.717) is 16.7 Å². The van der Waals surface area contributed by atoms with Gasteiger partial charge in [0.05, 0.1) is 14.2 Å². The van der Waals surface area contributed by atoms with Gasteiger partial charge in [-0.2, -0.15) is 0 Å². The van der Waals surface area contributed by atoms with E-state index in [0.717, 1.165) is 5.56 Å². The first-order valence-corrected chi connectivity index (χ1v) is 7.38. The standard InChI is InChI=1S/C14H17N3O4S/c1-8(18)15-14-16-17(9(2)19)13(22-14)10-5-6-11(20-3)12(7-10)21-4/h5-7,13H,1-4H3,(H,15,16,18)/t13-/m0/s1. The van der Waals surface area contributed by atoms with Gasteiger partial charge in [0.1, 0.15) is 5.37 Å². The van der Waals surface area contributed by atoms with E-state index in [1.54, 1.807) is 26.4 Å². The van der Waals surface area contributed by atoms with E-state index in [-0.39, 0.29) is 17.2 Å². The highest BCUT2D eigenvalue weighted by Gasteiger charge is 2.32. The van der Waals surface area contributed by atoms with Crippen LogP contribution in [0, 0.1) is 0 Å². The van der Waals surface area contributed by atoms with Gasteiger partial charge in [0.15, 0.2) is 16.7 Å². The average Bonchev–Trinajstić information content (AvgIpc) is 2.89. The van der Waals surface area contributed by atoms with Crippen LogP contribution in [0.15, 0.2) is 23.3 Å². The zero-order valence-electron chi connectivity index (χ0n) is 12.7. The lowest BCUT2D eigenvalue weighted by Gasteiger charge is -2.20. The number of hydrogen-bond donors (Lipinski definition) is 1. The molecule has 1 aliphatic heterocycles. The highest BCUT2D eigenvalue weighted by molar-refractivity contribution is 8.14. The summed E-state index contributed by atoms with van der Waals surface area (Å²) in [5.41, 5.74) is 0.821. The van der Waals surface area contributed by atoms with Crippen LogP contribution < -0.4 is 14.8 Å². The summed E-state index contributed by atoms with van der Waals surface area (Å²) in [5.74, 6) is 0.721. The molecule has 0 saturated heterocycles. The highest BCUT2D eigenvalue weighted by atomic mass is 32.2. The van der Waals surface area contributed by atoms with Gasteiger partial charge >= 0.3 is 0 Å². The quantitative estimate of drug-likeness (QED) is 0.916. The molecule has 1 aromatic carbocycles. The maximum Gasteiger partial charge on any atom is 0.241 e. The first kappa shape index (κ1) is 16.2. The molecular weight excluding hydrogens is 306 g/mol. The number of thioether (sulfide) groups is 1. The fraction of sp³-hybridized carbons (Fsp3) is 0.357. The summed E-state index contributed by atoms with van der Waals surface area (Å²) in [6.07, 6.45) is 0. The number of carbonyl (C=O) groups excluding carboxylic acids is 2. The Morgan fingerprint density at radius 1 is 1.23 bits per heavy atom. The smallest absolute Gasteiger partial charge is 0.241 e. The van der Waals surface area contributed by atoms with E-state index >= 15 is 0 Å².